The maximum Gasteiger partial charge on any atom is 0.416 e. The molecule has 1 saturated carbocycles. The number of aryl methyl sites for hydroxylation is 1. The molecule has 0 aliphatic heterocycles. The van der Waals surface area contributed by atoms with E-state index in [0.717, 1.165) is 30.5 Å². The predicted molar refractivity (Wildman–Crippen MR) is 128 cm³/mol. The number of carbonyl (C=O) groups excluding carboxylic acids is 2. The molecule has 184 valence electrons. The second-order valence-corrected chi connectivity index (χ2v) is 7.95. The molecular weight excluding hydrogens is 461 g/mol. The van der Waals surface area contributed by atoms with Crippen LogP contribution in [0.25, 0.3) is 0 Å². The van der Waals surface area contributed by atoms with Gasteiger partial charge in [-0.05, 0) is 62.6 Å². The minimum absolute atomic E-state index is 0.00397. The Hall–Kier alpha value is -4.08. The summed E-state index contributed by atoms with van der Waals surface area (Å²) >= 11 is 0. The van der Waals surface area contributed by atoms with Gasteiger partial charge in [0.05, 0.1) is 5.56 Å². The number of ether oxygens (including phenoxy) is 1. The van der Waals surface area contributed by atoms with E-state index in [1.807, 2.05) is 0 Å². The van der Waals surface area contributed by atoms with E-state index in [9.17, 15) is 22.8 Å². The summed E-state index contributed by atoms with van der Waals surface area (Å²) in [5, 5.41) is 7.66. The van der Waals surface area contributed by atoms with E-state index in [0.29, 0.717) is 17.1 Å². The molecule has 0 bridgehead atoms. The van der Waals surface area contributed by atoms with Gasteiger partial charge in [0.25, 0.3) is 0 Å². The molecule has 0 atom stereocenters. The van der Waals surface area contributed by atoms with Gasteiger partial charge in [-0.15, -0.1) is 0 Å². The van der Waals surface area contributed by atoms with Crippen molar-refractivity contribution in [1.29, 1.82) is 0 Å². The predicted octanol–water partition coefficient (Wildman–Crippen LogP) is 6.01. The molecule has 10 heteroatoms. The molecule has 3 amide bonds. The van der Waals surface area contributed by atoms with Crippen LogP contribution in [-0.2, 0) is 11.0 Å². The number of rotatable bonds is 8. The molecule has 0 saturated heterocycles. The summed E-state index contributed by atoms with van der Waals surface area (Å²) in [5.41, 5.74) is 0.555. The van der Waals surface area contributed by atoms with Crippen LogP contribution in [0.3, 0.4) is 0 Å². The third-order valence-electron chi connectivity index (χ3n) is 4.76. The number of allylic oxidation sites excluding steroid dienone is 1. The quantitative estimate of drug-likeness (QED) is 0.242. The SMILES string of the molecule is C=C(/C=C(\N=C/C)Oc1cc(C)cc(NC(=O)Nc2cccc(C(F)(F)F)c2)c1)NC(=O)C1CC1. The van der Waals surface area contributed by atoms with Crippen molar-refractivity contribution in [3.8, 4) is 5.75 Å². The second kappa shape index (κ2) is 10.9. The van der Waals surface area contributed by atoms with Crippen molar-refractivity contribution in [2.75, 3.05) is 10.6 Å². The van der Waals surface area contributed by atoms with Gasteiger partial charge in [-0.3, -0.25) is 4.79 Å². The molecule has 0 heterocycles. The molecule has 1 aliphatic carbocycles. The Kier molecular flexibility index (Phi) is 7.95. The summed E-state index contributed by atoms with van der Waals surface area (Å²) in [5.74, 6) is 0.433. The van der Waals surface area contributed by atoms with Gasteiger partial charge in [0, 0.05) is 41.3 Å². The van der Waals surface area contributed by atoms with Gasteiger partial charge in [-0.1, -0.05) is 12.6 Å². The molecule has 1 aliphatic rings. The Bertz CT molecular complexity index is 1180. The fourth-order valence-electron chi connectivity index (χ4n) is 3.08. The van der Waals surface area contributed by atoms with Crippen molar-refractivity contribution >= 4 is 29.5 Å². The third kappa shape index (κ3) is 8.02. The molecule has 35 heavy (non-hydrogen) atoms. The van der Waals surface area contributed by atoms with E-state index < -0.39 is 17.8 Å². The highest BCUT2D eigenvalue weighted by Gasteiger charge is 2.30. The second-order valence-electron chi connectivity index (χ2n) is 7.95. The van der Waals surface area contributed by atoms with Gasteiger partial charge < -0.3 is 20.7 Å². The van der Waals surface area contributed by atoms with Crippen molar-refractivity contribution in [3.05, 3.63) is 77.8 Å². The van der Waals surface area contributed by atoms with Crippen LogP contribution in [0.4, 0.5) is 29.3 Å². The first-order valence-electron chi connectivity index (χ1n) is 10.8. The van der Waals surface area contributed by atoms with Crippen molar-refractivity contribution in [1.82, 2.24) is 5.32 Å². The van der Waals surface area contributed by atoms with Gasteiger partial charge in [-0.2, -0.15) is 13.2 Å². The molecule has 2 aromatic rings. The number of hydrogen-bond acceptors (Lipinski definition) is 4. The number of hydrogen-bond donors (Lipinski definition) is 3. The molecule has 0 unspecified atom stereocenters. The average Bonchev–Trinajstić information content (AvgIpc) is 3.58. The van der Waals surface area contributed by atoms with Crippen LogP contribution in [-0.4, -0.2) is 18.2 Å². The number of alkyl halides is 3. The van der Waals surface area contributed by atoms with Gasteiger partial charge in [0.2, 0.25) is 11.8 Å². The number of amides is 3. The topological polar surface area (TPSA) is 91.8 Å². The Morgan fingerprint density at radius 1 is 1.11 bits per heavy atom. The van der Waals surface area contributed by atoms with Gasteiger partial charge in [0.1, 0.15) is 5.75 Å². The summed E-state index contributed by atoms with van der Waals surface area (Å²) in [7, 11) is 0. The Balaban J connectivity index is 1.69. The normalized spacial score (nSPS) is 13.9. The Morgan fingerprint density at radius 2 is 1.83 bits per heavy atom. The highest BCUT2D eigenvalue weighted by molar-refractivity contribution is 6.00. The monoisotopic (exact) mass is 486 g/mol. The van der Waals surface area contributed by atoms with E-state index in [1.165, 1.54) is 30.5 Å². The Morgan fingerprint density at radius 3 is 2.49 bits per heavy atom. The average molecular weight is 486 g/mol. The van der Waals surface area contributed by atoms with Gasteiger partial charge >= 0.3 is 12.2 Å². The first-order valence-corrected chi connectivity index (χ1v) is 10.8. The molecule has 1 fully saturated rings. The molecule has 3 rings (SSSR count). The fraction of sp³-hybridized carbons (Fsp3) is 0.240. The number of urea groups is 1. The molecule has 0 aromatic heterocycles. The third-order valence-corrected chi connectivity index (χ3v) is 4.76. The lowest BCUT2D eigenvalue weighted by Gasteiger charge is -2.13. The van der Waals surface area contributed by atoms with E-state index in [-0.39, 0.29) is 23.4 Å². The number of halogens is 3. The van der Waals surface area contributed by atoms with E-state index in [2.05, 4.69) is 27.5 Å². The van der Waals surface area contributed by atoms with Crippen molar-refractivity contribution in [2.24, 2.45) is 10.9 Å². The maximum atomic E-state index is 12.9. The minimum Gasteiger partial charge on any atom is -0.439 e. The molecule has 7 nitrogen and oxygen atoms in total. The molecule has 0 spiro atoms. The molecule has 3 N–H and O–H groups in total. The number of nitrogens with zero attached hydrogens (tertiary/aromatic N) is 1. The number of anilines is 2. The van der Waals surface area contributed by atoms with E-state index in [4.69, 9.17) is 4.74 Å². The first kappa shape index (κ1) is 25.5. The highest BCUT2D eigenvalue weighted by Crippen LogP contribution is 2.31. The number of carbonyl (C=O) groups is 2. The van der Waals surface area contributed by atoms with Crippen LogP contribution in [0.1, 0.15) is 30.9 Å². The molecule has 0 radical (unpaired) electrons. The van der Waals surface area contributed by atoms with Crippen LogP contribution in [0.5, 0.6) is 5.75 Å². The molecule has 2 aromatic carbocycles. The van der Waals surface area contributed by atoms with Crippen molar-refractivity contribution in [3.63, 3.8) is 0 Å². The summed E-state index contributed by atoms with van der Waals surface area (Å²) in [6.45, 7) is 7.29. The van der Waals surface area contributed by atoms with Crippen LogP contribution < -0.4 is 20.7 Å². The van der Waals surface area contributed by atoms with E-state index >= 15 is 0 Å². The standard InChI is InChI=1S/C25H25F3N4O3/c1-4-29-22(12-16(3)30-23(33)17-8-9-17)35-21-11-15(2)10-20(14-21)32-24(34)31-19-7-5-6-18(13-19)25(26,27)28/h4-7,10-14,17H,3,8-9H2,1-2H3,(H,30,33)(H2,31,32,34)/b22-12+,29-4-. The minimum atomic E-state index is -4.52. The first-order chi connectivity index (χ1) is 16.5. The van der Waals surface area contributed by atoms with Crippen LogP contribution in [0.15, 0.2) is 71.7 Å². The molecular formula is C25H25F3N4O3. The van der Waals surface area contributed by atoms with Crippen molar-refractivity contribution < 1.29 is 27.5 Å². The van der Waals surface area contributed by atoms with Crippen LogP contribution in [0.2, 0.25) is 0 Å². The number of aliphatic imine (C=N–C) groups is 1. The van der Waals surface area contributed by atoms with Crippen LogP contribution >= 0.6 is 0 Å². The Labute approximate surface area is 200 Å². The van der Waals surface area contributed by atoms with Crippen LogP contribution in [0, 0.1) is 12.8 Å². The lowest BCUT2D eigenvalue weighted by atomic mass is 10.2. The van der Waals surface area contributed by atoms with Crippen molar-refractivity contribution in [2.45, 2.75) is 32.9 Å². The van der Waals surface area contributed by atoms with Gasteiger partial charge in [-0.25, -0.2) is 9.79 Å². The summed E-state index contributed by atoms with van der Waals surface area (Å²) in [6, 6.07) is 8.51. The summed E-state index contributed by atoms with van der Waals surface area (Å²) in [6.07, 6.45) is 0.198. The zero-order valence-corrected chi connectivity index (χ0v) is 19.2. The number of benzene rings is 2. The number of nitrogens with one attached hydrogen (secondary N) is 3. The summed E-state index contributed by atoms with van der Waals surface area (Å²) < 4.78 is 44.5. The maximum absolute atomic E-state index is 12.9. The largest absolute Gasteiger partial charge is 0.439 e. The zero-order chi connectivity index (χ0) is 25.6. The van der Waals surface area contributed by atoms with Gasteiger partial charge in [0.15, 0.2) is 0 Å². The lowest BCUT2D eigenvalue weighted by Crippen LogP contribution is -2.23. The fourth-order valence-corrected chi connectivity index (χ4v) is 3.08. The zero-order valence-electron chi connectivity index (χ0n) is 19.2. The highest BCUT2D eigenvalue weighted by atomic mass is 19.4. The smallest absolute Gasteiger partial charge is 0.416 e. The van der Waals surface area contributed by atoms with E-state index in [1.54, 1.807) is 26.0 Å². The lowest BCUT2D eigenvalue weighted by molar-refractivity contribution is -0.137. The summed E-state index contributed by atoms with van der Waals surface area (Å²) in [4.78, 5) is 28.4.